The number of nitrogens with one attached hydrogen (secondary N) is 1. The molecule has 0 radical (unpaired) electrons. The fraction of sp³-hybridized carbons (Fsp3) is 0.500. The summed E-state index contributed by atoms with van der Waals surface area (Å²) in [6.07, 6.45) is 8.63. The number of nitrogens with zero attached hydrogens (tertiary/aromatic N) is 2. The van der Waals surface area contributed by atoms with Gasteiger partial charge >= 0.3 is 0 Å². The van der Waals surface area contributed by atoms with Gasteiger partial charge in [0.1, 0.15) is 0 Å². The Kier molecular flexibility index (Phi) is 5.32. The summed E-state index contributed by atoms with van der Waals surface area (Å²) in [5, 5.41) is 10.9. The number of rotatable bonds is 3. The molecule has 0 saturated carbocycles. The van der Waals surface area contributed by atoms with Crippen LogP contribution in [0.25, 0.3) is 0 Å². The number of aryl methyl sites for hydroxylation is 1. The summed E-state index contributed by atoms with van der Waals surface area (Å²) in [5.74, 6) is 1.23. The van der Waals surface area contributed by atoms with Crippen molar-refractivity contribution in [3.63, 3.8) is 0 Å². The molecule has 4 nitrogen and oxygen atoms in total. The van der Waals surface area contributed by atoms with Crippen LogP contribution in [-0.2, 0) is 6.54 Å². The average molecular weight is 221 g/mol. The Morgan fingerprint density at radius 2 is 2.12 bits per heavy atom. The molecule has 1 aromatic rings. The molecule has 0 bridgehead atoms. The van der Waals surface area contributed by atoms with Gasteiger partial charge in [0.2, 0.25) is 11.8 Å². The zero-order valence-electron chi connectivity index (χ0n) is 10.2. The van der Waals surface area contributed by atoms with Crippen LogP contribution in [-0.4, -0.2) is 10.2 Å². The zero-order valence-corrected chi connectivity index (χ0v) is 10.2. The summed E-state index contributed by atoms with van der Waals surface area (Å²) in [7, 11) is 0. The summed E-state index contributed by atoms with van der Waals surface area (Å²) < 4.78 is 5.24. The van der Waals surface area contributed by atoms with Crippen LogP contribution < -0.4 is 5.32 Å². The predicted octanol–water partition coefficient (Wildman–Crippen LogP) is 2.73. The minimum absolute atomic E-state index is 0.594. The molecule has 0 aromatic carbocycles. The van der Waals surface area contributed by atoms with Gasteiger partial charge in [0, 0.05) is 12.6 Å². The quantitative estimate of drug-likeness (QED) is 0.852. The van der Waals surface area contributed by atoms with Crippen LogP contribution in [0.2, 0.25) is 0 Å². The molecule has 0 unspecified atom stereocenters. The van der Waals surface area contributed by atoms with E-state index >= 15 is 0 Å². The molecule has 2 rings (SSSR count). The van der Waals surface area contributed by atoms with E-state index in [4.69, 9.17) is 4.42 Å². The second-order valence-electron chi connectivity index (χ2n) is 3.21. The van der Waals surface area contributed by atoms with E-state index in [-0.39, 0.29) is 0 Å². The number of hydrogen-bond acceptors (Lipinski definition) is 4. The maximum atomic E-state index is 5.24. The molecule has 0 fully saturated rings. The van der Waals surface area contributed by atoms with Crippen molar-refractivity contribution in [3.05, 3.63) is 35.7 Å². The first kappa shape index (κ1) is 12.5. The molecule has 0 aliphatic heterocycles. The van der Waals surface area contributed by atoms with Gasteiger partial charge in [-0.3, -0.25) is 0 Å². The Labute approximate surface area is 96.5 Å². The summed E-state index contributed by atoms with van der Waals surface area (Å²) in [4.78, 5) is 0. The highest BCUT2D eigenvalue weighted by molar-refractivity contribution is 5.20. The van der Waals surface area contributed by atoms with Crippen molar-refractivity contribution >= 4 is 0 Å². The van der Waals surface area contributed by atoms with Crippen LogP contribution in [0.1, 0.15) is 38.5 Å². The topological polar surface area (TPSA) is 51.0 Å². The van der Waals surface area contributed by atoms with Crippen molar-refractivity contribution in [1.82, 2.24) is 15.5 Å². The second-order valence-corrected chi connectivity index (χ2v) is 3.21. The molecule has 0 saturated heterocycles. The first-order chi connectivity index (χ1) is 7.84. The fourth-order valence-corrected chi connectivity index (χ4v) is 1.33. The van der Waals surface area contributed by atoms with Gasteiger partial charge in [0.05, 0.1) is 6.54 Å². The van der Waals surface area contributed by atoms with Gasteiger partial charge in [-0.2, -0.15) is 0 Å². The van der Waals surface area contributed by atoms with E-state index in [9.17, 15) is 0 Å². The molecule has 0 atom stereocenters. The lowest BCUT2D eigenvalue weighted by Gasteiger charge is -2.07. The maximum absolute atomic E-state index is 5.24. The van der Waals surface area contributed by atoms with E-state index in [1.165, 1.54) is 0 Å². The molecule has 1 aliphatic carbocycles. The van der Waals surface area contributed by atoms with Crippen LogP contribution in [0.15, 0.2) is 28.3 Å². The molecular weight excluding hydrogens is 202 g/mol. The number of hydrogen-bond donors (Lipinski definition) is 1. The fourth-order valence-electron chi connectivity index (χ4n) is 1.33. The van der Waals surface area contributed by atoms with E-state index in [1.54, 1.807) is 6.92 Å². The SMILES string of the molecule is CC.Cc1nnc(CNC2=CCCC=C2)o1. The van der Waals surface area contributed by atoms with Gasteiger partial charge in [0.25, 0.3) is 0 Å². The summed E-state index contributed by atoms with van der Waals surface area (Å²) in [5.41, 5.74) is 1.13. The minimum Gasteiger partial charge on any atom is -0.424 e. The Bertz CT molecular complexity index is 366. The number of aromatic nitrogens is 2. The average Bonchev–Trinajstić information content (AvgIpc) is 2.77. The Balaban J connectivity index is 0.000000606. The van der Waals surface area contributed by atoms with E-state index in [2.05, 4.69) is 33.7 Å². The molecule has 1 heterocycles. The molecule has 0 spiro atoms. The highest BCUT2D eigenvalue weighted by atomic mass is 16.4. The second kappa shape index (κ2) is 6.82. The molecule has 1 aliphatic rings. The predicted molar refractivity (Wildman–Crippen MR) is 63.7 cm³/mol. The van der Waals surface area contributed by atoms with E-state index in [0.717, 1.165) is 18.5 Å². The molecule has 0 amide bonds. The molecule has 1 N–H and O–H groups in total. The van der Waals surface area contributed by atoms with Crippen molar-refractivity contribution in [3.8, 4) is 0 Å². The summed E-state index contributed by atoms with van der Waals surface area (Å²) in [6.45, 7) is 6.38. The third-order valence-electron chi connectivity index (χ3n) is 2.01. The standard InChI is InChI=1S/C10H13N3O.C2H6/c1-8-12-13-10(14-8)7-11-9-5-3-2-4-6-9;1-2/h3,5-6,11H,2,4,7H2,1H3;1-2H3. The largest absolute Gasteiger partial charge is 0.424 e. The highest BCUT2D eigenvalue weighted by Crippen LogP contribution is 2.07. The van der Waals surface area contributed by atoms with Crippen molar-refractivity contribution in [2.75, 3.05) is 0 Å². The van der Waals surface area contributed by atoms with E-state index in [0.29, 0.717) is 18.3 Å². The van der Waals surface area contributed by atoms with Crippen LogP contribution in [0.5, 0.6) is 0 Å². The van der Waals surface area contributed by atoms with Crippen LogP contribution in [0.4, 0.5) is 0 Å². The van der Waals surface area contributed by atoms with Gasteiger partial charge in [0.15, 0.2) is 0 Å². The van der Waals surface area contributed by atoms with Crippen LogP contribution in [0, 0.1) is 6.92 Å². The monoisotopic (exact) mass is 221 g/mol. The third-order valence-corrected chi connectivity index (χ3v) is 2.01. The van der Waals surface area contributed by atoms with Gasteiger partial charge in [-0.15, -0.1) is 10.2 Å². The molecule has 88 valence electrons. The third kappa shape index (κ3) is 3.88. The van der Waals surface area contributed by atoms with Crippen molar-refractivity contribution in [2.45, 2.75) is 40.2 Å². The van der Waals surface area contributed by atoms with Gasteiger partial charge < -0.3 is 9.73 Å². The molecule has 4 heteroatoms. The summed E-state index contributed by atoms with van der Waals surface area (Å²) >= 11 is 0. The molecule has 1 aromatic heterocycles. The van der Waals surface area contributed by atoms with Gasteiger partial charge in [-0.05, 0) is 18.9 Å². The molecular formula is C12H19N3O. The lowest BCUT2D eigenvalue weighted by Crippen LogP contribution is -2.12. The maximum Gasteiger partial charge on any atom is 0.235 e. The number of allylic oxidation sites excluding steroid dienone is 3. The van der Waals surface area contributed by atoms with Crippen LogP contribution >= 0.6 is 0 Å². The Morgan fingerprint density at radius 1 is 1.31 bits per heavy atom. The molecule has 16 heavy (non-hydrogen) atoms. The Hall–Kier alpha value is -1.58. The smallest absolute Gasteiger partial charge is 0.235 e. The van der Waals surface area contributed by atoms with E-state index in [1.807, 2.05) is 13.8 Å². The normalized spacial score (nSPS) is 13.8. The van der Waals surface area contributed by atoms with Crippen molar-refractivity contribution < 1.29 is 4.42 Å². The van der Waals surface area contributed by atoms with Crippen molar-refractivity contribution in [1.29, 1.82) is 0 Å². The minimum atomic E-state index is 0.594. The van der Waals surface area contributed by atoms with Crippen LogP contribution in [0.3, 0.4) is 0 Å². The zero-order chi connectivity index (χ0) is 11.8. The first-order valence-corrected chi connectivity index (χ1v) is 5.74. The lowest BCUT2D eigenvalue weighted by atomic mass is 10.1. The van der Waals surface area contributed by atoms with Gasteiger partial charge in [-0.25, -0.2) is 0 Å². The van der Waals surface area contributed by atoms with Crippen molar-refractivity contribution in [2.24, 2.45) is 0 Å². The van der Waals surface area contributed by atoms with E-state index < -0.39 is 0 Å². The van der Waals surface area contributed by atoms with Gasteiger partial charge in [-0.1, -0.05) is 26.0 Å². The first-order valence-electron chi connectivity index (χ1n) is 5.74. The Morgan fingerprint density at radius 3 is 2.69 bits per heavy atom. The highest BCUT2D eigenvalue weighted by Gasteiger charge is 2.02. The lowest BCUT2D eigenvalue weighted by molar-refractivity contribution is 0.457. The summed E-state index contributed by atoms with van der Waals surface area (Å²) in [6, 6.07) is 0.